The quantitative estimate of drug-likeness (QED) is 0.856. The molecular weight excluding hydrogens is 266 g/mol. The van der Waals surface area contributed by atoms with Crippen LogP contribution in [0.1, 0.15) is 37.5 Å². The number of hydrogen-bond donors (Lipinski definition) is 2. The molecule has 0 spiro atoms. The van der Waals surface area contributed by atoms with Crippen LogP contribution in [0.4, 0.5) is 5.69 Å². The van der Waals surface area contributed by atoms with Gasteiger partial charge in [-0.3, -0.25) is 4.79 Å². The summed E-state index contributed by atoms with van der Waals surface area (Å²) in [6.45, 7) is 1.30. The van der Waals surface area contributed by atoms with Crippen molar-refractivity contribution in [3.05, 3.63) is 24.1 Å². The highest BCUT2D eigenvalue weighted by atomic mass is 16.3. The van der Waals surface area contributed by atoms with Crippen molar-refractivity contribution >= 4 is 22.7 Å². The molecule has 1 amide bonds. The number of anilines is 1. The van der Waals surface area contributed by atoms with E-state index in [1.807, 2.05) is 18.2 Å². The summed E-state index contributed by atoms with van der Waals surface area (Å²) in [4.78, 5) is 16.3. The Kier molecular flexibility index (Phi) is 3.15. The molecule has 2 aliphatic rings. The first kappa shape index (κ1) is 12.8. The van der Waals surface area contributed by atoms with Gasteiger partial charge in [-0.05, 0) is 50.3 Å². The summed E-state index contributed by atoms with van der Waals surface area (Å²) in [5.41, 5.74) is 2.38. The van der Waals surface area contributed by atoms with Crippen molar-refractivity contribution in [3.63, 3.8) is 0 Å². The van der Waals surface area contributed by atoms with Crippen LogP contribution in [0.3, 0.4) is 0 Å². The number of rotatable bonds is 6. The van der Waals surface area contributed by atoms with E-state index in [0.29, 0.717) is 12.5 Å². The van der Waals surface area contributed by atoms with E-state index in [1.165, 1.54) is 25.7 Å². The Morgan fingerprint density at radius 2 is 2.14 bits per heavy atom. The fourth-order valence-electron chi connectivity index (χ4n) is 2.44. The van der Waals surface area contributed by atoms with Crippen LogP contribution in [-0.4, -0.2) is 24.0 Å². The lowest BCUT2D eigenvalue weighted by atomic mass is 10.3. The van der Waals surface area contributed by atoms with Crippen LogP contribution in [-0.2, 0) is 4.79 Å². The van der Waals surface area contributed by atoms with Crippen molar-refractivity contribution in [3.8, 4) is 0 Å². The Hall–Kier alpha value is -1.88. The number of aromatic nitrogens is 1. The summed E-state index contributed by atoms with van der Waals surface area (Å²) in [6.07, 6.45) is 4.92. The molecule has 2 fully saturated rings. The highest BCUT2D eigenvalue weighted by Gasteiger charge is 2.28. The highest BCUT2D eigenvalue weighted by Crippen LogP contribution is 2.40. The molecule has 1 heterocycles. The second-order valence-corrected chi connectivity index (χ2v) is 6.13. The zero-order chi connectivity index (χ0) is 14.2. The Bertz CT molecular complexity index is 671. The minimum absolute atomic E-state index is 0.0167. The molecule has 2 aliphatic carbocycles. The molecule has 2 saturated carbocycles. The van der Waals surface area contributed by atoms with Gasteiger partial charge in [-0.25, -0.2) is 4.98 Å². The van der Waals surface area contributed by atoms with Gasteiger partial charge in [-0.15, -0.1) is 0 Å². The number of fused-ring (bicyclic) bond motifs is 1. The smallest absolute Gasteiger partial charge is 0.238 e. The van der Waals surface area contributed by atoms with Crippen molar-refractivity contribution in [1.82, 2.24) is 10.3 Å². The fraction of sp³-hybridized carbons (Fsp3) is 0.500. The molecule has 0 bridgehead atoms. The topological polar surface area (TPSA) is 67.2 Å². The second-order valence-electron chi connectivity index (χ2n) is 6.13. The number of amides is 1. The van der Waals surface area contributed by atoms with Crippen LogP contribution in [0, 0.1) is 5.92 Å². The van der Waals surface area contributed by atoms with E-state index in [1.54, 1.807) is 0 Å². The third kappa shape index (κ3) is 3.08. The van der Waals surface area contributed by atoms with E-state index in [0.717, 1.165) is 35.1 Å². The van der Waals surface area contributed by atoms with Gasteiger partial charge < -0.3 is 15.1 Å². The van der Waals surface area contributed by atoms with E-state index < -0.39 is 0 Å². The van der Waals surface area contributed by atoms with E-state index in [2.05, 4.69) is 15.6 Å². The largest absolute Gasteiger partial charge is 0.440 e. The SMILES string of the molecule is O=C(CNCC1CC1)Nc1ccc2nc(C3CC3)oc2c1. The lowest BCUT2D eigenvalue weighted by molar-refractivity contribution is -0.115. The average Bonchev–Trinajstić information content (AvgIpc) is 3.37. The maximum Gasteiger partial charge on any atom is 0.238 e. The van der Waals surface area contributed by atoms with E-state index in [9.17, 15) is 4.79 Å². The summed E-state index contributed by atoms with van der Waals surface area (Å²) in [5, 5.41) is 6.08. The molecule has 0 aliphatic heterocycles. The van der Waals surface area contributed by atoms with E-state index in [4.69, 9.17) is 4.42 Å². The molecule has 21 heavy (non-hydrogen) atoms. The number of oxazole rings is 1. The van der Waals surface area contributed by atoms with Gasteiger partial charge in [0.25, 0.3) is 0 Å². The standard InChI is InChI=1S/C16H19N3O2/c20-15(9-17-8-10-1-2-10)18-12-5-6-13-14(7-12)21-16(19-13)11-3-4-11/h5-7,10-11,17H,1-4,8-9H2,(H,18,20). The summed E-state index contributed by atoms with van der Waals surface area (Å²) >= 11 is 0. The van der Waals surface area contributed by atoms with Crippen molar-refractivity contribution < 1.29 is 9.21 Å². The maximum atomic E-state index is 11.9. The monoisotopic (exact) mass is 285 g/mol. The number of hydrogen-bond acceptors (Lipinski definition) is 4. The first-order valence-corrected chi connectivity index (χ1v) is 7.69. The number of nitrogens with one attached hydrogen (secondary N) is 2. The molecule has 0 saturated heterocycles. The van der Waals surface area contributed by atoms with Gasteiger partial charge in [0.1, 0.15) is 5.52 Å². The number of benzene rings is 1. The van der Waals surface area contributed by atoms with Gasteiger partial charge in [0.15, 0.2) is 11.5 Å². The molecule has 1 aromatic carbocycles. The molecule has 2 N–H and O–H groups in total. The molecular formula is C16H19N3O2. The van der Waals surface area contributed by atoms with Gasteiger partial charge in [0.2, 0.25) is 5.91 Å². The number of carbonyl (C=O) groups excluding carboxylic acids is 1. The van der Waals surface area contributed by atoms with Gasteiger partial charge >= 0.3 is 0 Å². The van der Waals surface area contributed by atoms with Crippen LogP contribution in [0.15, 0.2) is 22.6 Å². The van der Waals surface area contributed by atoms with Crippen molar-refractivity contribution in [2.75, 3.05) is 18.4 Å². The van der Waals surface area contributed by atoms with Crippen molar-refractivity contribution in [1.29, 1.82) is 0 Å². The molecule has 2 aromatic rings. The van der Waals surface area contributed by atoms with Crippen molar-refractivity contribution in [2.24, 2.45) is 5.92 Å². The van der Waals surface area contributed by atoms with Crippen LogP contribution in [0.5, 0.6) is 0 Å². The molecule has 4 rings (SSSR count). The van der Waals surface area contributed by atoms with Crippen LogP contribution < -0.4 is 10.6 Å². The summed E-state index contributed by atoms with van der Waals surface area (Å²) in [7, 11) is 0. The second kappa shape index (κ2) is 5.15. The zero-order valence-electron chi connectivity index (χ0n) is 11.9. The molecule has 0 atom stereocenters. The summed E-state index contributed by atoms with van der Waals surface area (Å²) in [5.74, 6) is 2.10. The summed E-state index contributed by atoms with van der Waals surface area (Å²) in [6, 6.07) is 5.63. The van der Waals surface area contributed by atoms with Gasteiger partial charge in [0.05, 0.1) is 6.54 Å². The molecule has 0 radical (unpaired) electrons. The van der Waals surface area contributed by atoms with Gasteiger partial charge in [-0.1, -0.05) is 0 Å². The van der Waals surface area contributed by atoms with Gasteiger partial charge in [0, 0.05) is 17.7 Å². The van der Waals surface area contributed by atoms with E-state index in [-0.39, 0.29) is 5.91 Å². The van der Waals surface area contributed by atoms with Crippen LogP contribution in [0.2, 0.25) is 0 Å². The fourth-order valence-corrected chi connectivity index (χ4v) is 2.44. The third-order valence-corrected chi connectivity index (χ3v) is 4.03. The lowest BCUT2D eigenvalue weighted by Gasteiger charge is -2.05. The zero-order valence-corrected chi connectivity index (χ0v) is 11.9. The molecule has 1 aromatic heterocycles. The van der Waals surface area contributed by atoms with Gasteiger partial charge in [-0.2, -0.15) is 0 Å². The number of nitrogens with zero attached hydrogens (tertiary/aromatic N) is 1. The maximum absolute atomic E-state index is 11.9. The van der Waals surface area contributed by atoms with E-state index >= 15 is 0 Å². The van der Waals surface area contributed by atoms with Crippen LogP contribution in [0.25, 0.3) is 11.1 Å². The Morgan fingerprint density at radius 3 is 2.90 bits per heavy atom. The Balaban J connectivity index is 1.39. The summed E-state index contributed by atoms with van der Waals surface area (Å²) < 4.78 is 5.76. The first-order valence-electron chi connectivity index (χ1n) is 7.69. The Morgan fingerprint density at radius 1 is 1.29 bits per heavy atom. The third-order valence-electron chi connectivity index (χ3n) is 4.03. The minimum Gasteiger partial charge on any atom is -0.440 e. The minimum atomic E-state index is -0.0167. The Labute approximate surface area is 123 Å². The number of carbonyl (C=O) groups is 1. The first-order chi connectivity index (χ1) is 10.3. The molecule has 5 nitrogen and oxygen atoms in total. The van der Waals surface area contributed by atoms with Crippen LogP contribution >= 0.6 is 0 Å². The molecule has 110 valence electrons. The highest BCUT2D eigenvalue weighted by molar-refractivity contribution is 5.94. The normalized spacial score (nSPS) is 18.1. The lowest BCUT2D eigenvalue weighted by Crippen LogP contribution is -2.29. The van der Waals surface area contributed by atoms with Crippen molar-refractivity contribution in [2.45, 2.75) is 31.6 Å². The molecule has 5 heteroatoms. The predicted octanol–water partition coefficient (Wildman–Crippen LogP) is 2.64. The molecule has 0 unspecified atom stereocenters. The average molecular weight is 285 g/mol. The predicted molar refractivity (Wildman–Crippen MR) is 80.2 cm³/mol.